The Hall–Kier alpha value is -0.450. The molecule has 0 spiro atoms. The van der Waals surface area contributed by atoms with Gasteiger partial charge in [-0.15, -0.1) is 11.3 Å². The van der Waals surface area contributed by atoms with Crippen molar-refractivity contribution in [1.82, 2.24) is 10.3 Å². The molecule has 0 amide bonds. The zero-order valence-electron chi connectivity index (χ0n) is 11.3. The van der Waals surface area contributed by atoms with Crippen LogP contribution >= 0.6 is 11.3 Å². The van der Waals surface area contributed by atoms with E-state index in [4.69, 9.17) is 4.74 Å². The highest BCUT2D eigenvalue weighted by molar-refractivity contribution is 7.09. The van der Waals surface area contributed by atoms with Gasteiger partial charge in [0.1, 0.15) is 0 Å². The molecule has 3 nitrogen and oxygen atoms in total. The van der Waals surface area contributed by atoms with Crippen LogP contribution in [-0.2, 0) is 11.2 Å². The Kier molecular flexibility index (Phi) is 6.70. The van der Waals surface area contributed by atoms with E-state index in [1.54, 1.807) is 18.4 Å². The van der Waals surface area contributed by atoms with Crippen molar-refractivity contribution >= 4 is 11.3 Å². The van der Waals surface area contributed by atoms with Crippen molar-refractivity contribution in [2.45, 2.75) is 52.2 Å². The van der Waals surface area contributed by atoms with Crippen LogP contribution in [0.1, 0.15) is 37.4 Å². The van der Waals surface area contributed by atoms with Crippen molar-refractivity contribution in [3.8, 4) is 0 Å². The van der Waals surface area contributed by atoms with Crippen LogP contribution in [0.5, 0.6) is 0 Å². The Morgan fingerprint density at radius 2 is 2.29 bits per heavy atom. The van der Waals surface area contributed by atoms with Crippen LogP contribution in [0.25, 0.3) is 0 Å². The van der Waals surface area contributed by atoms with Gasteiger partial charge in [-0.1, -0.05) is 6.92 Å². The molecule has 0 saturated heterocycles. The number of hydrogen-bond acceptors (Lipinski definition) is 4. The first-order valence-corrected chi connectivity index (χ1v) is 7.20. The highest BCUT2D eigenvalue weighted by Crippen LogP contribution is 2.14. The van der Waals surface area contributed by atoms with Gasteiger partial charge in [0.15, 0.2) is 0 Å². The van der Waals surface area contributed by atoms with Crippen LogP contribution in [0.3, 0.4) is 0 Å². The predicted molar refractivity (Wildman–Crippen MR) is 73.7 cm³/mol. The quantitative estimate of drug-likeness (QED) is 0.776. The second kappa shape index (κ2) is 7.80. The summed E-state index contributed by atoms with van der Waals surface area (Å²) in [7, 11) is 1.77. The van der Waals surface area contributed by atoms with Crippen molar-refractivity contribution < 1.29 is 4.74 Å². The molecule has 0 aliphatic heterocycles. The molecule has 0 saturated carbocycles. The lowest BCUT2D eigenvalue weighted by molar-refractivity contribution is 0.100. The maximum atomic E-state index is 5.35. The number of thiazole rings is 1. The van der Waals surface area contributed by atoms with E-state index in [-0.39, 0.29) is 0 Å². The Morgan fingerprint density at radius 3 is 2.82 bits per heavy atom. The van der Waals surface area contributed by atoms with Gasteiger partial charge < -0.3 is 10.1 Å². The number of methoxy groups -OCH3 is 1. The lowest BCUT2D eigenvalue weighted by Crippen LogP contribution is -2.35. The number of aryl methyl sites for hydroxylation is 1. The summed E-state index contributed by atoms with van der Waals surface area (Å²) in [6, 6.07) is 0.468. The van der Waals surface area contributed by atoms with Gasteiger partial charge in [-0.3, -0.25) is 0 Å². The van der Waals surface area contributed by atoms with Crippen molar-refractivity contribution in [3.05, 3.63) is 16.1 Å². The van der Waals surface area contributed by atoms with Crippen molar-refractivity contribution in [3.63, 3.8) is 0 Å². The summed E-state index contributed by atoms with van der Waals surface area (Å²) in [5.74, 6) is 0. The summed E-state index contributed by atoms with van der Waals surface area (Å²) in [5.41, 5.74) is 1.12. The molecule has 1 aromatic rings. The Balaban J connectivity index is 2.50. The number of ether oxygens (including phenoxy) is 1. The van der Waals surface area contributed by atoms with Crippen LogP contribution in [0, 0.1) is 6.92 Å². The SMILES string of the molecule is CCCNC(Cc1nc(C)cs1)CC(C)OC. The number of hydrogen-bond donors (Lipinski definition) is 1. The molecule has 17 heavy (non-hydrogen) atoms. The summed E-state index contributed by atoms with van der Waals surface area (Å²) in [5, 5.41) is 6.92. The summed E-state index contributed by atoms with van der Waals surface area (Å²) in [6.07, 6.45) is 3.50. The number of rotatable bonds is 8. The summed E-state index contributed by atoms with van der Waals surface area (Å²) < 4.78 is 5.35. The largest absolute Gasteiger partial charge is 0.382 e. The Morgan fingerprint density at radius 1 is 1.53 bits per heavy atom. The standard InChI is InChI=1S/C13H24N2OS/c1-5-6-14-12(7-11(3)16-4)8-13-15-10(2)9-17-13/h9,11-12,14H,5-8H2,1-4H3. The highest BCUT2D eigenvalue weighted by Gasteiger charge is 2.14. The molecular formula is C13H24N2OS. The molecule has 0 aliphatic carbocycles. The van der Waals surface area contributed by atoms with Crippen molar-refractivity contribution in [2.75, 3.05) is 13.7 Å². The molecule has 0 fully saturated rings. The molecule has 1 aromatic heterocycles. The minimum absolute atomic E-state index is 0.297. The minimum atomic E-state index is 0.297. The molecule has 0 bridgehead atoms. The molecule has 98 valence electrons. The first kappa shape index (κ1) is 14.6. The lowest BCUT2D eigenvalue weighted by atomic mass is 10.1. The normalized spacial score (nSPS) is 14.8. The van der Waals surface area contributed by atoms with Crippen LogP contribution in [0.4, 0.5) is 0 Å². The molecule has 1 rings (SSSR count). The first-order valence-electron chi connectivity index (χ1n) is 6.32. The highest BCUT2D eigenvalue weighted by atomic mass is 32.1. The van der Waals surface area contributed by atoms with Crippen molar-refractivity contribution in [2.24, 2.45) is 0 Å². The van der Waals surface area contributed by atoms with Crippen molar-refractivity contribution in [1.29, 1.82) is 0 Å². The monoisotopic (exact) mass is 256 g/mol. The lowest BCUT2D eigenvalue weighted by Gasteiger charge is -2.20. The third kappa shape index (κ3) is 5.61. The van der Waals surface area contributed by atoms with Gasteiger partial charge in [0.25, 0.3) is 0 Å². The van der Waals surface area contributed by atoms with Gasteiger partial charge in [-0.05, 0) is 33.2 Å². The fraction of sp³-hybridized carbons (Fsp3) is 0.769. The van der Waals surface area contributed by atoms with Crippen LogP contribution in [-0.4, -0.2) is 30.8 Å². The summed E-state index contributed by atoms with van der Waals surface area (Å²) in [4.78, 5) is 4.53. The first-order chi connectivity index (χ1) is 8.15. The maximum Gasteiger partial charge on any atom is 0.0943 e. The number of nitrogens with zero attached hydrogens (tertiary/aromatic N) is 1. The average Bonchev–Trinajstić information content (AvgIpc) is 2.71. The van der Waals surface area contributed by atoms with E-state index in [2.05, 4.69) is 29.5 Å². The van der Waals surface area contributed by atoms with E-state index < -0.39 is 0 Å². The number of aromatic nitrogens is 1. The van der Waals surface area contributed by atoms with E-state index in [1.165, 1.54) is 5.01 Å². The Labute approximate surface area is 109 Å². The van der Waals surface area contributed by atoms with Gasteiger partial charge in [0.2, 0.25) is 0 Å². The van der Waals surface area contributed by atoms with E-state index in [9.17, 15) is 0 Å². The summed E-state index contributed by atoms with van der Waals surface area (Å²) >= 11 is 1.75. The second-order valence-corrected chi connectivity index (χ2v) is 5.46. The van der Waals surface area contributed by atoms with E-state index >= 15 is 0 Å². The van der Waals surface area contributed by atoms with Crippen LogP contribution < -0.4 is 5.32 Å². The Bertz CT molecular complexity index is 314. The molecule has 0 aliphatic rings. The molecule has 2 unspecified atom stereocenters. The second-order valence-electron chi connectivity index (χ2n) is 4.52. The predicted octanol–water partition coefficient (Wildman–Crippen LogP) is 2.79. The third-order valence-electron chi connectivity index (χ3n) is 2.79. The van der Waals surface area contributed by atoms with E-state index in [1.807, 2.05) is 6.92 Å². The molecule has 0 radical (unpaired) electrons. The molecule has 4 heteroatoms. The van der Waals surface area contributed by atoms with Crippen LogP contribution in [0.2, 0.25) is 0 Å². The molecular weight excluding hydrogens is 232 g/mol. The van der Waals surface area contributed by atoms with Gasteiger partial charge >= 0.3 is 0 Å². The fourth-order valence-corrected chi connectivity index (χ4v) is 2.64. The average molecular weight is 256 g/mol. The van der Waals surface area contributed by atoms with Gasteiger partial charge in [-0.25, -0.2) is 4.98 Å². The van der Waals surface area contributed by atoms with E-state index in [0.29, 0.717) is 12.1 Å². The smallest absolute Gasteiger partial charge is 0.0943 e. The van der Waals surface area contributed by atoms with Gasteiger partial charge in [0, 0.05) is 30.6 Å². The van der Waals surface area contributed by atoms with E-state index in [0.717, 1.165) is 31.5 Å². The molecule has 1 heterocycles. The van der Waals surface area contributed by atoms with Crippen LogP contribution in [0.15, 0.2) is 5.38 Å². The fourth-order valence-electron chi connectivity index (χ4n) is 1.79. The molecule has 1 N–H and O–H groups in total. The maximum absolute atomic E-state index is 5.35. The molecule has 2 atom stereocenters. The third-order valence-corrected chi connectivity index (χ3v) is 3.78. The molecule has 0 aromatic carbocycles. The number of nitrogens with one attached hydrogen (secondary N) is 1. The minimum Gasteiger partial charge on any atom is -0.382 e. The zero-order chi connectivity index (χ0) is 12.7. The topological polar surface area (TPSA) is 34.2 Å². The van der Waals surface area contributed by atoms with Gasteiger partial charge in [-0.2, -0.15) is 0 Å². The zero-order valence-corrected chi connectivity index (χ0v) is 12.1. The van der Waals surface area contributed by atoms with Gasteiger partial charge in [0.05, 0.1) is 11.1 Å². The summed E-state index contributed by atoms with van der Waals surface area (Å²) in [6.45, 7) is 7.42.